The van der Waals surface area contributed by atoms with Crippen LogP contribution < -0.4 is 15.2 Å². The first kappa shape index (κ1) is 25.8. The van der Waals surface area contributed by atoms with E-state index in [-0.39, 0.29) is 5.84 Å². The molecule has 2 aromatic rings. The number of para-hydroxylation sites is 1. The van der Waals surface area contributed by atoms with Crippen molar-refractivity contribution in [1.29, 1.82) is 10.9 Å². The van der Waals surface area contributed by atoms with Crippen molar-refractivity contribution in [2.75, 3.05) is 47.1 Å². The van der Waals surface area contributed by atoms with Crippen LogP contribution in [0.25, 0.3) is 0 Å². The molecule has 0 amide bonds. The van der Waals surface area contributed by atoms with Gasteiger partial charge in [-0.25, -0.2) is 5.53 Å². The maximum atomic E-state index is 8.29. The van der Waals surface area contributed by atoms with Gasteiger partial charge in [0.15, 0.2) is 17.3 Å². The number of likely N-dealkylation sites (tertiary alicyclic amines) is 1. The van der Waals surface area contributed by atoms with Crippen LogP contribution in [0.15, 0.2) is 53.6 Å². The van der Waals surface area contributed by atoms with Crippen LogP contribution in [0.2, 0.25) is 0 Å². The Morgan fingerprint density at radius 1 is 1.09 bits per heavy atom. The molecule has 0 radical (unpaired) electrons. The van der Waals surface area contributed by atoms with Gasteiger partial charge in [0.2, 0.25) is 0 Å². The first-order valence-corrected chi connectivity index (χ1v) is 11.9. The van der Waals surface area contributed by atoms with E-state index in [4.69, 9.17) is 30.9 Å². The highest BCUT2D eigenvalue weighted by Crippen LogP contribution is 2.40. The Bertz CT molecular complexity index is 910. The van der Waals surface area contributed by atoms with E-state index < -0.39 is 6.04 Å². The van der Waals surface area contributed by atoms with E-state index in [1.807, 2.05) is 24.3 Å². The predicted octanol–water partition coefficient (Wildman–Crippen LogP) is 4.61. The zero-order chi connectivity index (χ0) is 24.3. The molecule has 4 rings (SSSR count). The highest BCUT2D eigenvalue weighted by atomic mass is 16.5. The number of amidine groups is 1. The fourth-order valence-corrected chi connectivity index (χ4v) is 4.69. The minimum atomic E-state index is -0.413. The van der Waals surface area contributed by atoms with Gasteiger partial charge in [0, 0.05) is 12.2 Å². The number of methoxy groups -OCH3 is 2. The Kier molecular flexibility index (Phi) is 10.00. The quantitative estimate of drug-likeness (QED) is 0.312. The molecule has 0 spiro atoms. The number of ether oxygens (including phenoxy) is 3. The Hall–Kier alpha value is -2.81. The first-order valence-electron chi connectivity index (χ1n) is 11.9. The summed E-state index contributed by atoms with van der Waals surface area (Å²) in [6.45, 7) is 4.27. The minimum Gasteiger partial charge on any atom is -0.493 e. The average Bonchev–Trinajstić information content (AvgIpc) is 3.44. The third-order valence-corrected chi connectivity index (χ3v) is 6.63. The largest absolute Gasteiger partial charge is 0.493 e. The average molecular weight is 468 g/mol. The molecule has 2 aromatic carbocycles. The molecule has 0 saturated carbocycles. The second kappa shape index (κ2) is 13.2. The summed E-state index contributed by atoms with van der Waals surface area (Å²) in [5, 5.41) is 11.7. The highest BCUT2D eigenvalue weighted by molar-refractivity contribution is 5.87. The lowest BCUT2D eigenvalue weighted by molar-refractivity contribution is 0.183. The van der Waals surface area contributed by atoms with Gasteiger partial charge in [0.05, 0.1) is 20.8 Å². The van der Waals surface area contributed by atoms with Crippen LogP contribution in [0.3, 0.4) is 0 Å². The number of hydrogen-bond acceptors (Lipinski definition) is 7. The summed E-state index contributed by atoms with van der Waals surface area (Å²) >= 11 is 0. The summed E-state index contributed by atoms with van der Waals surface area (Å²) in [6.07, 6.45) is 3.19. The number of benzene rings is 2. The van der Waals surface area contributed by atoms with Crippen LogP contribution >= 0.6 is 0 Å². The van der Waals surface area contributed by atoms with Gasteiger partial charge in [-0.1, -0.05) is 42.5 Å². The Balaban J connectivity index is 0.000000396. The third-order valence-electron chi connectivity index (χ3n) is 6.63. The van der Waals surface area contributed by atoms with Crippen LogP contribution in [-0.4, -0.2) is 57.8 Å². The number of nitrogens with one attached hydrogen (secondary N) is 2. The molecule has 8 heteroatoms. The zero-order valence-corrected chi connectivity index (χ0v) is 20.2. The van der Waals surface area contributed by atoms with Gasteiger partial charge in [0.25, 0.3) is 0 Å². The van der Waals surface area contributed by atoms with Gasteiger partial charge < -0.3 is 19.9 Å². The summed E-state index contributed by atoms with van der Waals surface area (Å²) < 4.78 is 16.1. The number of piperidine rings is 1. The second-order valence-electron chi connectivity index (χ2n) is 8.67. The van der Waals surface area contributed by atoms with Gasteiger partial charge in [-0.2, -0.15) is 0 Å². The van der Waals surface area contributed by atoms with Crippen molar-refractivity contribution in [3.63, 3.8) is 0 Å². The monoisotopic (exact) mass is 467 g/mol. The molecule has 4 N–H and O–H groups in total. The van der Waals surface area contributed by atoms with Crippen LogP contribution in [0.1, 0.15) is 42.3 Å². The molecule has 2 heterocycles. The smallest absolute Gasteiger partial charge is 0.165 e. The Morgan fingerprint density at radius 2 is 1.82 bits per heavy atom. The maximum Gasteiger partial charge on any atom is 0.165 e. The summed E-state index contributed by atoms with van der Waals surface area (Å²) in [7, 11) is 3.20. The molecular weight excluding hydrogens is 430 g/mol. The van der Waals surface area contributed by atoms with Crippen LogP contribution in [0.4, 0.5) is 0 Å². The predicted molar refractivity (Wildman–Crippen MR) is 133 cm³/mol. The molecule has 0 bridgehead atoms. The molecule has 0 aliphatic carbocycles. The fourth-order valence-electron chi connectivity index (χ4n) is 4.69. The van der Waals surface area contributed by atoms with Crippen molar-refractivity contribution >= 4 is 5.84 Å². The van der Waals surface area contributed by atoms with Gasteiger partial charge in [-0.15, -0.1) is 5.11 Å². The van der Waals surface area contributed by atoms with Crippen molar-refractivity contribution in [2.45, 2.75) is 31.2 Å². The van der Waals surface area contributed by atoms with E-state index in [9.17, 15) is 0 Å². The normalized spacial score (nSPS) is 19.6. The summed E-state index contributed by atoms with van der Waals surface area (Å²) in [5.41, 5.74) is 14.9. The lowest BCUT2D eigenvalue weighted by Crippen LogP contribution is -2.39. The fraction of sp³-hybridized carbons (Fsp3) is 0.500. The Labute approximate surface area is 202 Å². The first-order chi connectivity index (χ1) is 16.6. The standard InChI is InChI=1S/C21H26N4O2.C5H11NO/c1-26-18-10-6-9-17(20(18)27-2)19(21(22)24-23)25-13-11-16(12-14-25)15-7-4-3-5-8-15;6-3-5-1-2-7-4-5/h3-10,16,19,22-23H,11-14H2,1-2H3;5H,1-4,6H2. The maximum absolute atomic E-state index is 8.29. The molecule has 2 aliphatic rings. The van der Waals surface area contributed by atoms with Crippen molar-refractivity contribution in [3.05, 3.63) is 59.7 Å². The van der Waals surface area contributed by atoms with E-state index in [0.29, 0.717) is 23.3 Å². The lowest BCUT2D eigenvalue weighted by atomic mass is 9.88. The molecule has 2 aliphatic heterocycles. The van der Waals surface area contributed by atoms with Crippen LogP contribution in [0.5, 0.6) is 11.5 Å². The van der Waals surface area contributed by atoms with Crippen molar-refractivity contribution in [2.24, 2.45) is 16.8 Å². The Morgan fingerprint density at radius 3 is 2.35 bits per heavy atom. The summed E-state index contributed by atoms with van der Waals surface area (Å²) in [4.78, 5) is 2.22. The number of rotatable bonds is 7. The van der Waals surface area contributed by atoms with Crippen molar-refractivity contribution in [3.8, 4) is 11.5 Å². The van der Waals surface area contributed by atoms with E-state index in [2.05, 4.69) is 34.3 Å². The second-order valence-corrected chi connectivity index (χ2v) is 8.67. The van der Waals surface area contributed by atoms with E-state index in [0.717, 1.165) is 57.7 Å². The molecule has 2 saturated heterocycles. The summed E-state index contributed by atoms with van der Waals surface area (Å²) in [5.74, 6) is 2.41. The molecule has 0 aromatic heterocycles. The molecule has 2 atom stereocenters. The van der Waals surface area contributed by atoms with Crippen molar-refractivity contribution < 1.29 is 14.2 Å². The topological polar surface area (TPSA) is 117 Å². The van der Waals surface area contributed by atoms with E-state index in [1.165, 1.54) is 5.56 Å². The molecule has 2 fully saturated rings. The third kappa shape index (κ3) is 6.40. The van der Waals surface area contributed by atoms with Crippen LogP contribution in [-0.2, 0) is 4.74 Å². The van der Waals surface area contributed by atoms with Gasteiger partial charge in [0.1, 0.15) is 6.04 Å². The highest BCUT2D eigenvalue weighted by Gasteiger charge is 2.32. The SMILES string of the molecule is COc1cccc(C(C(=N)N=N)N2CCC(c3ccccc3)CC2)c1OC.NCC1CCOC1. The lowest BCUT2D eigenvalue weighted by Gasteiger charge is -2.37. The molecule has 2 unspecified atom stereocenters. The molecule has 34 heavy (non-hydrogen) atoms. The number of hydrogen-bond donors (Lipinski definition) is 3. The van der Waals surface area contributed by atoms with Gasteiger partial charge in [-0.3, -0.25) is 10.3 Å². The van der Waals surface area contributed by atoms with Crippen LogP contribution in [0, 0.1) is 16.9 Å². The molecular formula is C26H37N5O3. The number of nitrogens with zero attached hydrogens (tertiary/aromatic N) is 2. The van der Waals surface area contributed by atoms with Gasteiger partial charge in [-0.05, 0) is 62.4 Å². The van der Waals surface area contributed by atoms with Crippen molar-refractivity contribution in [1.82, 2.24) is 4.90 Å². The zero-order valence-electron chi connectivity index (χ0n) is 20.2. The van der Waals surface area contributed by atoms with E-state index in [1.54, 1.807) is 14.2 Å². The summed E-state index contributed by atoms with van der Waals surface area (Å²) in [6, 6.07) is 15.8. The van der Waals surface area contributed by atoms with Gasteiger partial charge >= 0.3 is 0 Å². The molecule has 184 valence electrons. The van der Waals surface area contributed by atoms with E-state index >= 15 is 0 Å². The minimum absolute atomic E-state index is 0.0136. The number of nitrogens with two attached hydrogens (primary N) is 1. The molecule has 8 nitrogen and oxygen atoms in total.